The molecule has 0 spiro atoms. The summed E-state index contributed by atoms with van der Waals surface area (Å²) in [5, 5.41) is 0. The van der Waals surface area contributed by atoms with Gasteiger partial charge >= 0.3 is 0 Å². The maximum absolute atomic E-state index is 12.5. The Morgan fingerprint density at radius 2 is 1.54 bits per heavy atom. The summed E-state index contributed by atoms with van der Waals surface area (Å²) in [7, 11) is 0. The Kier molecular flexibility index (Phi) is 4.24. The third-order valence-corrected chi connectivity index (χ3v) is 5.30. The molecule has 1 atom stereocenters. The number of imide groups is 1. The average molecular weight is 349 g/mol. The molecule has 2 heterocycles. The summed E-state index contributed by atoms with van der Waals surface area (Å²) >= 11 is 0. The van der Waals surface area contributed by atoms with E-state index in [2.05, 4.69) is 47.9 Å². The third-order valence-electron chi connectivity index (χ3n) is 5.30. The van der Waals surface area contributed by atoms with E-state index in [1.165, 1.54) is 16.2 Å². The minimum atomic E-state index is -0.181. The molecule has 5 nitrogen and oxygen atoms in total. The number of benzene rings is 2. The highest BCUT2D eigenvalue weighted by Crippen LogP contribution is 2.25. The van der Waals surface area contributed by atoms with Crippen molar-refractivity contribution in [1.82, 2.24) is 9.80 Å². The molecule has 1 unspecified atom stereocenters. The van der Waals surface area contributed by atoms with Gasteiger partial charge in [-0.25, -0.2) is 0 Å². The molecule has 2 aliphatic rings. The van der Waals surface area contributed by atoms with E-state index < -0.39 is 0 Å². The van der Waals surface area contributed by atoms with E-state index in [4.69, 9.17) is 0 Å². The second kappa shape index (κ2) is 6.57. The van der Waals surface area contributed by atoms with Crippen molar-refractivity contribution < 1.29 is 9.59 Å². The first-order chi connectivity index (χ1) is 12.5. The summed E-state index contributed by atoms with van der Waals surface area (Å²) in [5.41, 5.74) is 3.52. The summed E-state index contributed by atoms with van der Waals surface area (Å²) in [6.07, 6.45) is 0. The molecule has 26 heavy (non-hydrogen) atoms. The summed E-state index contributed by atoms with van der Waals surface area (Å²) in [6.45, 7) is 7.17. The van der Waals surface area contributed by atoms with Crippen LogP contribution in [0.4, 0.5) is 5.69 Å². The summed E-state index contributed by atoms with van der Waals surface area (Å²) < 4.78 is 0. The van der Waals surface area contributed by atoms with Crippen LogP contribution in [-0.4, -0.2) is 54.0 Å². The fraction of sp³-hybridized carbons (Fsp3) is 0.333. The molecule has 2 amide bonds. The van der Waals surface area contributed by atoms with Gasteiger partial charge in [-0.1, -0.05) is 29.8 Å². The molecule has 0 radical (unpaired) electrons. The Bertz CT molecular complexity index is 812. The quantitative estimate of drug-likeness (QED) is 0.800. The van der Waals surface area contributed by atoms with Gasteiger partial charge in [-0.15, -0.1) is 0 Å². The Balaban J connectivity index is 1.43. The van der Waals surface area contributed by atoms with Gasteiger partial charge in [0, 0.05) is 31.4 Å². The van der Waals surface area contributed by atoms with Crippen molar-refractivity contribution in [3.63, 3.8) is 0 Å². The number of hydrogen-bond donors (Lipinski definition) is 0. The second-order valence-corrected chi connectivity index (χ2v) is 7.18. The van der Waals surface area contributed by atoms with E-state index in [9.17, 15) is 9.59 Å². The average Bonchev–Trinajstić information content (AvgIpc) is 2.88. The number of nitrogens with zero attached hydrogens (tertiary/aromatic N) is 3. The topological polar surface area (TPSA) is 43.9 Å². The van der Waals surface area contributed by atoms with Crippen molar-refractivity contribution in [3.8, 4) is 0 Å². The zero-order valence-electron chi connectivity index (χ0n) is 15.2. The first kappa shape index (κ1) is 16.8. The lowest BCUT2D eigenvalue weighted by Gasteiger charge is -2.42. The Morgan fingerprint density at radius 1 is 0.923 bits per heavy atom. The largest absolute Gasteiger partial charge is 0.366 e. The number of carbonyl (C=O) groups is 2. The molecule has 0 N–H and O–H groups in total. The molecule has 134 valence electrons. The molecule has 1 saturated heterocycles. The number of aryl methyl sites for hydroxylation is 1. The van der Waals surface area contributed by atoms with E-state index in [1.54, 1.807) is 24.3 Å². The number of piperazine rings is 1. The van der Waals surface area contributed by atoms with Crippen LogP contribution in [0.1, 0.15) is 33.2 Å². The van der Waals surface area contributed by atoms with Gasteiger partial charge in [0.25, 0.3) is 11.8 Å². The van der Waals surface area contributed by atoms with Gasteiger partial charge in [0.1, 0.15) is 0 Å². The van der Waals surface area contributed by atoms with Crippen LogP contribution in [-0.2, 0) is 0 Å². The number of rotatable bonds is 3. The lowest BCUT2D eigenvalue weighted by molar-refractivity contribution is 0.0521. The summed E-state index contributed by atoms with van der Waals surface area (Å²) in [6, 6.07) is 16.0. The fourth-order valence-electron chi connectivity index (χ4n) is 3.85. The highest BCUT2D eigenvalue weighted by molar-refractivity contribution is 6.21. The molecule has 0 bridgehead atoms. The van der Waals surface area contributed by atoms with Crippen LogP contribution in [0.25, 0.3) is 0 Å². The van der Waals surface area contributed by atoms with E-state index in [0.717, 1.165) is 19.6 Å². The van der Waals surface area contributed by atoms with Crippen LogP contribution in [0, 0.1) is 6.92 Å². The van der Waals surface area contributed by atoms with Gasteiger partial charge in [0.05, 0.1) is 17.8 Å². The highest BCUT2D eigenvalue weighted by Gasteiger charge is 2.37. The van der Waals surface area contributed by atoms with Crippen molar-refractivity contribution in [2.24, 2.45) is 0 Å². The van der Waals surface area contributed by atoms with Crippen LogP contribution in [0.2, 0.25) is 0 Å². The molecule has 1 fully saturated rings. The molecule has 2 aromatic carbocycles. The van der Waals surface area contributed by atoms with Gasteiger partial charge < -0.3 is 4.90 Å². The van der Waals surface area contributed by atoms with Crippen LogP contribution >= 0.6 is 0 Å². The minimum absolute atomic E-state index is 0.181. The van der Waals surface area contributed by atoms with Crippen molar-refractivity contribution in [2.75, 3.05) is 31.2 Å². The van der Waals surface area contributed by atoms with Crippen LogP contribution < -0.4 is 4.90 Å². The lowest BCUT2D eigenvalue weighted by Crippen LogP contribution is -2.55. The van der Waals surface area contributed by atoms with Crippen molar-refractivity contribution in [1.29, 1.82) is 0 Å². The second-order valence-electron chi connectivity index (χ2n) is 7.18. The van der Waals surface area contributed by atoms with Gasteiger partial charge in [-0.2, -0.15) is 0 Å². The van der Waals surface area contributed by atoms with Crippen LogP contribution in [0.5, 0.6) is 0 Å². The standard InChI is InChI=1S/C21H23N3O2/c1-15-7-9-17(10-8-15)23-12-11-22(13-16(23)2)14-24-20(25)18-5-3-4-6-19(18)21(24)26/h3-10,16H,11-14H2,1-2H3. The van der Waals surface area contributed by atoms with Gasteiger partial charge in [-0.3, -0.25) is 19.4 Å². The van der Waals surface area contributed by atoms with E-state index in [1.807, 2.05) is 0 Å². The molecule has 2 aromatic rings. The fourth-order valence-corrected chi connectivity index (χ4v) is 3.85. The zero-order valence-corrected chi connectivity index (χ0v) is 15.2. The Labute approximate surface area is 153 Å². The molecule has 4 rings (SSSR count). The molecule has 0 aliphatic carbocycles. The maximum Gasteiger partial charge on any atom is 0.262 e. The first-order valence-electron chi connectivity index (χ1n) is 9.05. The molecular weight excluding hydrogens is 326 g/mol. The Morgan fingerprint density at radius 3 is 2.12 bits per heavy atom. The minimum Gasteiger partial charge on any atom is -0.366 e. The summed E-state index contributed by atoms with van der Waals surface area (Å²) in [5.74, 6) is -0.363. The van der Waals surface area contributed by atoms with E-state index >= 15 is 0 Å². The predicted molar refractivity (Wildman–Crippen MR) is 101 cm³/mol. The third kappa shape index (κ3) is 2.88. The SMILES string of the molecule is Cc1ccc(N2CCN(CN3C(=O)c4ccccc4C3=O)CC2C)cc1. The normalized spacial score (nSPS) is 20.6. The molecule has 0 aromatic heterocycles. The van der Waals surface area contributed by atoms with E-state index in [0.29, 0.717) is 23.8 Å². The Hall–Kier alpha value is -2.66. The number of hydrogen-bond acceptors (Lipinski definition) is 4. The number of anilines is 1. The predicted octanol–water partition coefficient (Wildman–Crippen LogP) is 2.76. The number of fused-ring (bicyclic) bond motifs is 1. The van der Waals surface area contributed by atoms with Crippen molar-refractivity contribution in [2.45, 2.75) is 19.9 Å². The van der Waals surface area contributed by atoms with Gasteiger partial charge in [0.2, 0.25) is 0 Å². The van der Waals surface area contributed by atoms with Crippen LogP contribution in [0.15, 0.2) is 48.5 Å². The monoisotopic (exact) mass is 349 g/mol. The van der Waals surface area contributed by atoms with Crippen molar-refractivity contribution in [3.05, 3.63) is 65.2 Å². The van der Waals surface area contributed by atoms with Gasteiger partial charge in [-0.05, 0) is 38.1 Å². The van der Waals surface area contributed by atoms with Crippen molar-refractivity contribution >= 4 is 17.5 Å². The maximum atomic E-state index is 12.5. The van der Waals surface area contributed by atoms with Crippen LogP contribution in [0.3, 0.4) is 0 Å². The molecular formula is C21H23N3O2. The summed E-state index contributed by atoms with van der Waals surface area (Å²) in [4.78, 5) is 31.0. The number of amides is 2. The zero-order chi connectivity index (χ0) is 18.3. The molecule has 0 saturated carbocycles. The lowest BCUT2D eigenvalue weighted by atomic mass is 10.1. The molecule has 2 aliphatic heterocycles. The highest BCUT2D eigenvalue weighted by atomic mass is 16.2. The molecule has 5 heteroatoms. The van der Waals surface area contributed by atoms with Gasteiger partial charge in [0.15, 0.2) is 0 Å². The smallest absolute Gasteiger partial charge is 0.262 e. The number of carbonyl (C=O) groups excluding carboxylic acids is 2. The van der Waals surface area contributed by atoms with E-state index in [-0.39, 0.29) is 11.8 Å². The first-order valence-corrected chi connectivity index (χ1v) is 9.05.